The second-order valence-electron chi connectivity index (χ2n) is 7.13. The molecule has 0 spiro atoms. The van der Waals surface area contributed by atoms with Gasteiger partial charge in [0.05, 0.1) is 0 Å². The Labute approximate surface area is 163 Å². The van der Waals surface area contributed by atoms with Crippen LogP contribution in [0.5, 0.6) is 0 Å². The molecule has 0 N–H and O–H groups in total. The zero-order chi connectivity index (χ0) is 17.7. The van der Waals surface area contributed by atoms with Crippen LogP contribution in [0.1, 0.15) is 70.3 Å². The number of aryl methyl sites for hydroxylation is 1. The minimum atomic E-state index is -1.07. The van der Waals surface area contributed by atoms with Crippen LogP contribution in [0, 0.1) is 0 Å². The molecule has 0 aliphatic carbocycles. The predicted octanol–water partition coefficient (Wildman–Crippen LogP) is 8.14. The SMILES string of the molecule is CCCCCCCCCC[As](Cl)CCCc1cccc2ccccc12. The molecule has 2 heteroatoms. The molecule has 0 saturated carbocycles. The Hall–Kier alpha value is -0.452. The first-order chi connectivity index (χ1) is 12.3. The van der Waals surface area contributed by atoms with Crippen molar-refractivity contribution in [2.24, 2.45) is 0 Å². The van der Waals surface area contributed by atoms with Gasteiger partial charge < -0.3 is 0 Å². The van der Waals surface area contributed by atoms with Crippen molar-refractivity contribution in [3.05, 3.63) is 48.0 Å². The molecular formula is C23H34AsCl. The molecule has 25 heavy (non-hydrogen) atoms. The zero-order valence-electron chi connectivity index (χ0n) is 15.9. The van der Waals surface area contributed by atoms with Crippen LogP contribution in [0.3, 0.4) is 0 Å². The van der Waals surface area contributed by atoms with Crippen molar-refractivity contribution in [1.82, 2.24) is 0 Å². The van der Waals surface area contributed by atoms with Gasteiger partial charge in [0.15, 0.2) is 0 Å². The Balaban J connectivity index is 1.57. The number of unbranched alkanes of at least 4 members (excludes halogenated alkanes) is 7. The number of hydrogen-bond donors (Lipinski definition) is 0. The van der Waals surface area contributed by atoms with E-state index in [2.05, 4.69) is 49.4 Å². The third kappa shape index (κ3) is 8.19. The summed E-state index contributed by atoms with van der Waals surface area (Å²) in [5, 5.41) is 5.40. The Kier molecular flexibility index (Phi) is 10.7. The maximum atomic E-state index is 6.69. The summed E-state index contributed by atoms with van der Waals surface area (Å²) in [5.74, 6) is 0. The molecule has 0 amide bonds. The van der Waals surface area contributed by atoms with E-state index in [0.717, 1.165) is 0 Å². The average molecular weight is 421 g/mol. The van der Waals surface area contributed by atoms with Gasteiger partial charge in [-0.3, -0.25) is 0 Å². The van der Waals surface area contributed by atoms with Crippen LogP contribution < -0.4 is 0 Å². The molecule has 0 radical (unpaired) electrons. The Morgan fingerprint density at radius 1 is 0.720 bits per heavy atom. The molecule has 2 rings (SSSR count). The molecule has 1 unspecified atom stereocenters. The summed E-state index contributed by atoms with van der Waals surface area (Å²) in [4.78, 5) is 0. The Morgan fingerprint density at radius 2 is 1.36 bits per heavy atom. The van der Waals surface area contributed by atoms with E-state index < -0.39 is 13.7 Å². The molecule has 2 aromatic rings. The normalized spacial score (nSPS) is 12.6. The minimum absolute atomic E-state index is 1.07. The molecule has 0 aromatic heterocycles. The summed E-state index contributed by atoms with van der Waals surface area (Å²) >= 11 is -1.07. The van der Waals surface area contributed by atoms with Gasteiger partial charge in [0.2, 0.25) is 0 Å². The van der Waals surface area contributed by atoms with Gasteiger partial charge in [-0.05, 0) is 0 Å². The molecule has 0 nitrogen and oxygen atoms in total. The number of benzene rings is 2. The van der Waals surface area contributed by atoms with E-state index >= 15 is 0 Å². The van der Waals surface area contributed by atoms with Crippen molar-refractivity contribution in [3.63, 3.8) is 0 Å². The van der Waals surface area contributed by atoms with Crippen LogP contribution in [0.4, 0.5) is 0 Å². The summed E-state index contributed by atoms with van der Waals surface area (Å²) in [6, 6.07) is 15.4. The van der Waals surface area contributed by atoms with E-state index in [1.54, 1.807) is 0 Å². The zero-order valence-corrected chi connectivity index (χ0v) is 18.5. The fourth-order valence-electron chi connectivity index (χ4n) is 3.48. The first-order valence-electron chi connectivity index (χ1n) is 10.2. The second kappa shape index (κ2) is 12.8. The van der Waals surface area contributed by atoms with E-state index in [4.69, 9.17) is 9.95 Å². The topological polar surface area (TPSA) is 0 Å². The molecule has 0 fully saturated rings. The van der Waals surface area contributed by atoms with Gasteiger partial charge in [-0.2, -0.15) is 0 Å². The van der Waals surface area contributed by atoms with E-state index in [-0.39, 0.29) is 0 Å². The van der Waals surface area contributed by atoms with Crippen LogP contribution in [0.2, 0.25) is 10.4 Å². The van der Waals surface area contributed by atoms with Crippen molar-refractivity contribution in [1.29, 1.82) is 0 Å². The molecule has 1 atom stereocenters. The third-order valence-electron chi connectivity index (χ3n) is 4.98. The van der Waals surface area contributed by atoms with Crippen molar-refractivity contribution in [3.8, 4) is 0 Å². The van der Waals surface area contributed by atoms with Crippen molar-refractivity contribution < 1.29 is 0 Å². The Morgan fingerprint density at radius 3 is 2.16 bits per heavy atom. The molecule has 0 aliphatic rings. The number of halogens is 1. The van der Waals surface area contributed by atoms with Gasteiger partial charge in [-0.15, -0.1) is 0 Å². The van der Waals surface area contributed by atoms with Crippen molar-refractivity contribution in [2.45, 2.75) is 81.5 Å². The van der Waals surface area contributed by atoms with Crippen LogP contribution in [-0.2, 0) is 6.42 Å². The third-order valence-corrected chi connectivity index (χ3v) is 10.1. The summed E-state index contributed by atoms with van der Waals surface area (Å²) < 4.78 is 0. The summed E-state index contributed by atoms with van der Waals surface area (Å²) in [6.45, 7) is 2.28. The van der Waals surface area contributed by atoms with Gasteiger partial charge >= 0.3 is 164 Å². The molecule has 2 aromatic carbocycles. The number of rotatable bonds is 13. The second-order valence-corrected chi connectivity index (χ2v) is 13.4. The van der Waals surface area contributed by atoms with Gasteiger partial charge in [-0.25, -0.2) is 0 Å². The standard InChI is InChI=1S/C23H34AsCl/c1-2-3-4-5-6-7-8-11-19-24(25)20-13-17-22-16-12-15-21-14-9-10-18-23(21)22/h9-10,12,14-16,18H,2-8,11,13,17,19-20H2,1H3. The first-order valence-corrected chi connectivity index (χ1v) is 15.3. The van der Waals surface area contributed by atoms with E-state index in [1.165, 1.54) is 91.0 Å². The molecule has 0 bridgehead atoms. The van der Waals surface area contributed by atoms with E-state index in [9.17, 15) is 0 Å². The molecule has 0 heterocycles. The monoisotopic (exact) mass is 420 g/mol. The molecule has 0 saturated heterocycles. The number of fused-ring (bicyclic) bond motifs is 1. The summed E-state index contributed by atoms with van der Waals surface area (Å²) in [6.07, 6.45) is 13.7. The summed E-state index contributed by atoms with van der Waals surface area (Å²) in [7, 11) is 6.69. The van der Waals surface area contributed by atoms with Crippen LogP contribution in [0.25, 0.3) is 10.8 Å². The molecule has 0 aliphatic heterocycles. The molecule has 138 valence electrons. The Bertz CT molecular complexity index is 590. The number of hydrogen-bond acceptors (Lipinski definition) is 0. The quantitative estimate of drug-likeness (QED) is 0.226. The van der Waals surface area contributed by atoms with Crippen LogP contribution in [0.15, 0.2) is 42.5 Å². The van der Waals surface area contributed by atoms with Gasteiger partial charge in [0.25, 0.3) is 0 Å². The van der Waals surface area contributed by atoms with Crippen molar-refractivity contribution >= 4 is 34.4 Å². The fourth-order valence-corrected chi connectivity index (χ4v) is 7.43. The fraction of sp³-hybridized carbons (Fsp3) is 0.565. The van der Waals surface area contributed by atoms with Crippen LogP contribution >= 0.6 is 9.95 Å². The maximum absolute atomic E-state index is 6.69. The summed E-state index contributed by atoms with van der Waals surface area (Å²) in [5.41, 5.74) is 1.49. The van der Waals surface area contributed by atoms with Gasteiger partial charge in [0, 0.05) is 0 Å². The van der Waals surface area contributed by atoms with Gasteiger partial charge in [-0.1, -0.05) is 0 Å². The van der Waals surface area contributed by atoms with Gasteiger partial charge in [0.1, 0.15) is 0 Å². The van der Waals surface area contributed by atoms with E-state index in [0.29, 0.717) is 0 Å². The molecular weight excluding hydrogens is 387 g/mol. The first kappa shape index (κ1) is 20.9. The van der Waals surface area contributed by atoms with E-state index in [1.807, 2.05) is 0 Å². The predicted molar refractivity (Wildman–Crippen MR) is 116 cm³/mol. The average Bonchev–Trinajstić information content (AvgIpc) is 2.64. The van der Waals surface area contributed by atoms with Crippen molar-refractivity contribution in [2.75, 3.05) is 0 Å². The van der Waals surface area contributed by atoms with Crippen LogP contribution in [-0.4, -0.2) is 13.7 Å².